The molecule has 1 N–H and O–H groups in total. The lowest BCUT2D eigenvalue weighted by Gasteiger charge is -2.06. The summed E-state index contributed by atoms with van der Waals surface area (Å²) in [5.41, 5.74) is 1.23. The molecule has 6 heteroatoms. The minimum absolute atomic E-state index is 0.469. The van der Waals surface area contributed by atoms with Crippen molar-refractivity contribution in [3.05, 3.63) is 40.9 Å². The lowest BCUT2D eigenvalue weighted by atomic mass is 10.2. The Bertz CT molecular complexity index is 569. The fourth-order valence-corrected chi connectivity index (χ4v) is 1.57. The molecule has 5 nitrogen and oxygen atoms in total. The van der Waals surface area contributed by atoms with E-state index in [0.717, 1.165) is 5.69 Å². The standard InChI is InChI=1S/C11H10ClN5/c1-17-7-15-11(16-17)6-14-10-3-2-9(12)4-8(10)5-13/h2-4,7,14H,6H2,1H3. The van der Waals surface area contributed by atoms with E-state index < -0.39 is 0 Å². The fraction of sp³-hybridized carbons (Fsp3) is 0.182. The van der Waals surface area contributed by atoms with Crippen molar-refractivity contribution in [1.82, 2.24) is 14.8 Å². The van der Waals surface area contributed by atoms with Gasteiger partial charge in [0.05, 0.1) is 17.8 Å². The summed E-state index contributed by atoms with van der Waals surface area (Å²) in [5.74, 6) is 0.673. The van der Waals surface area contributed by atoms with Crippen LogP contribution < -0.4 is 5.32 Å². The van der Waals surface area contributed by atoms with Crippen LogP contribution in [0, 0.1) is 11.3 Å². The number of anilines is 1. The summed E-state index contributed by atoms with van der Waals surface area (Å²) in [6.07, 6.45) is 1.63. The van der Waals surface area contributed by atoms with Crippen LogP contribution in [0.25, 0.3) is 0 Å². The molecule has 86 valence electrons. The number of aromatic nitrogens is 3. The number of nitriles is 1. The first-order valence-electron chi connectivity index (χ1n) is 4.97. The molecule has 0 bridgehead atoms. The van der Waals surface area contributed by atoms with Crippen molar-refractivity contribution in [1.29, 1.82) is 5.26 Å². The van der Waals surface area contributed by atoms with E-state index in [9.17, 15) is 0 Å². The first-order chi connectivity index (χ1) is 8.19. The zero-order valence-electron chi connectivity index (χ0n) is 9.18. The Morgan fingerprint density at radius 1 is 1.53 bits per heavy atom. The van der Waals surface area contributed by atoms with Crippen LogP contribution in [0.1, 0.15) is 11.4 Å². The monoisotopic (exact) mass is 247 g/mol. The maximum absolute atomic E-state index is 8.96. The van der Waals surface area contributed by atoms with Gasteiger partial charge in [-0.2, -0.15) is 10.4 Å². The summed E-state index contributed by atoms with van der Waals surface area (Å²) in [4.78, 5) is 4.08. The van der Waals surface area contributed by atoms with Gasteiger partial charge in [-0.15, -0.1) is 0 Å². The molecular weight excluding hydrogens is 238 g/mol. The van der Waals surface area contributed by atoms with Crippen LogP contribution >= 0.6 is 11.6 Å². The summed E-state index contributed by atoms with van der Waals surface area (Å²) >= 11 is 5.81. The van der Waals surface area contributed by atoms with Crippen LogP contribution in [0.5, 0.6) is 0 Å². The third-order valence-corrected chi connectivity index (χ3v) is 2.42. The molecule has 0 saturated heterocycles. The molecule has 2 rings (SSSR count). The van der Waals surface area contributed by atoms with Crippen LogP contribution in [0.15, 0.2) is 24.5 Å². The molecule has 0 atom stereocenters. The van der Waals surface area contributed by atoms with Gasteiger partial charge in [0.25, 0.3) is 0 Å². The largest absolute Gasteiger partial charge is 0.377 e. The molecule has 0 aliphatic carbocycles. The maximum atomic E-state index is 8.96. The molecule has 0 aliphatic heterocycles. The van der Waals surface area contributed by atoms with Gasteiger partial charge < -0.3 is 5.32 Å². The summed E-state index contributed by atoms with van der Waals surface area (Å²) < 4.78 is 1.63. The molecule has 1 aromatic carbocycles. The molecule has 0 spiro atoms. The number of benzene rings is 1. The van der Waals surface area contributed by atoms with Crippen molar-refractivity contribution in [2.45, 2.75) is 6.54 Å². The molecule has 0 unspecified atom stereocenters. The molecular formula is C11H10ClN5. The Morgan fingerprint density at radius 3 is 3.00 bits per heavy atom. The highest BCUT2D eigenvalue weighted by Gasteiger charge is 2.04. The number of hydrogen-bond donors (Lipinski definition) is 1. The predicted molar refractivity (Wildman–Crippen MR) is 64.5 cm³/mol. The molecule has 0 saturated carbocycles. The highest BCUT2D eigenvalue weighted by molar-refractivity contribution is 6.30. The van der Waals surface area contributed by atoms with Crippen molar-refractivity contribution >= 4 is 17.3 Å². The first kappa shape index (κ1) is 11.4. The van der Waals surface area contributed by atoms with E-state index in [1.165, 1.54) is 0 Å². The topological polar surface area (TPSA) is 66.5 Å². The second kappa shape index (κ2) is 4.85. The summed E-state index contributed by atoms with van der Waals surface area (Å²) in [7, 11) is 1.81. The molecule has 0 fully saturated rings. The van der Waals surface area contributed by atoms with E-state index in [1.54, 1.807) is 36.3 Å². The number of hydrogen-bond acceptors (Lipinski definition) is 4. The van der Waals surface area contributed by atoms with Gasteiger partial charge in [-0.25, -0.2) is 4.98 Å². The van der Waals surface area contributed by atoms with Crippen molar-refractivity contribution in [2.24, 2.45) is 7.05 Å². The number of nitrogens with zero attached hydrogens (tertiary/aromatic N) is 4. The van der Waals surface area contributed by atoms with E-state index in [0.29, 0.717) is 23.0 Å². The van der Waals surface area contributed by atoms with Gasteiger partial charge in [0.15, 0.2) is 5.82 Å². The van der Waals surface area contributed by atoms with Gasteiger partial charge >= 0.3 is 0 Å². The molecule has 1 heterocycles. The second-order valence-electron chi connectivity index (χ2n) is 3.49. The Kier molecular flexibility index (Phi) is 3.26. The SMILES string of the molecule is Cn1cnc(CNc2ccc(Cl)cc2C#N)n1. The third-order valence-electron chi connectivity index (χ3n) is 2.19. The third kappa shape index (κ3) is 2.74. The molecule has 17 heavy (non-hydrogen) atoms. The Labute approximate surface area is 104 Å². The minimum atomic E-state index is 0.469. The second-order valence-corrected chi connectivity index (χ2v) is 3.93. The summed E-state index contributed by atoms with van der Waals surface area (Å²) in [5, 5.41) is 16.7. The van der Waals surface area contributed by atoms with Crippen LogP contribution in [0.3, 0.4) is 0 Å². The van der Waals surface area contributed by atoms with E-state index in [1.807, 2.05) is 0 Å². The molecule has 2 aromatic rings. The number of halogens is 1. The van der Waals surface area contributed by atoms with Gasteiger partial charge in [-0.1, -0.05) is 11.6 Å². The van der Waals surface area contributed by atoms with Crippen LogP contribution in [-0.4, -0.2) is 14.8 Å². The van der Waals surface area contributed by atoms with Crippen molar-refractivity contribution in [3.63, 3.8) is 0 Å². The van der Waals surface area contributed by atoms with Gasteiger partial charge in [0.2, 0.25) is 0 Å². The van der Waals surface area contributed by atoms with E-state index in [4.69, 9.17) is 16.9 Å². The smallest absolute Gasteiger partial charge is 0.169 e. The summed E-state index contributed by atoms with van der Waals surface area (Å²) in [6, 6.07) is 7.21. The fourth-order valence-electron chi connectivity index (χ4n) is 1.40. The Morgan fingerprint density at radius 2 is 2.35 bits per heavy atom. The average Bonchev–Trinajstić information content (AvgIpc) is 2.73. The van der Waals surface area contributed by atoms with E-state index in [2.05, 4.69) is 21.5 Å². The zero-order chi connectivity index (χ0) is 12.3. The molecule has 0 radical (unpaired) electrons. The van der Waals surface area contributed by atoms with Crippen molar-refractivity contribution in [2.75, 3.05) is 5.32 Å². The molecule has 1 aromatic heterocycles. The molecule has 0 aliphatic rings. The number of nitrogens with one attached hydrogen (secondary N) is 1. The van der Waals surface area contributed by atoms with Crippen molar-refractivity contribution in [3.8, 4) is 6.07 Å². The van der Waals surface area contributed by atoms with E-state index in [-0.39, 0.29) is 0 Å². The number of aryl methyl sites for hydroxylation is 1. The first-order valence-corrected chi connectivity index (χ1v) is 5.35. The highest BCUT2D eigenvalue weighted by atomic mass is 35.5. The number of rotatable bonds is 3. The predicted octanol–water partition coefficient (Wildman–Crippen LogP) is 1.95. The highest BCUT2D eigenvalue weighted by Crippen LogP contribution is 2.20. The Balaban J connectivity index is 2.12. The maximum Gasteiger partial charge on any atom is 0.169 e. The van der Waals surface area contributed by atoms with Gasteiger partial charge in [-0.05, 0) is 18.2 Å². The summed E-state index contributed by atoms with van der Waals surface area (Å²) in [6.45, 7) is 0.469. The van der Waals surface area contributed by atoms with Crippen molar-refractivity contribution < 1.29 is 0 Å². The lowest BCUT2D eigenvalue weighted by Crippen LogP contribution is -2.03. The zero-order valence-corrected chi connectivity index (χ0v) is 9.94. The quantitative estimate of drug-likeness (QED) is 0.900. The van der Waals surface area contributed by atoms with Gasteiger partial charge in [0.1, 0.15) is 12.4 Å². The van der Waals surface area contributed by atoms with E-state index >= 15 is 0 Å². The Hall–Kier alpha value is -2.06. The lowest BCUT2D eigenvalue weighted by molar-refractivity contribution is 0.747. The van der Waals surface area contributed by atoms with Gasteiger partial charge in [-0.3, -0.25) is 4.68 Å². The van der Waals surface area contributed by atoms with Crippen LogP contribution in [-0.2, 0) is 13.6 Å². The normalized spacial score (nSPS) is 9.94. The van der Waals surface area contributed by atoms with Gasteiger partial charge in [0, 0.05) is 12.1 Å². The van der Waals surface area contributed by atoms with Crippen LogP contribution in [0.2, 0.25) is 5.02 Å². The average molecular weight is 248 g/mol. The van der Waals surface area contributed by atoms with Crippen LogP contribution in [0.4, 0.5) is 5.69 Å². The molecule has 0 amide bonds. The minimum Gasteiger partial charge on any atom is -0.377 e.